The van der Waals surface area contributed by atoms with E-state index in [0.29, 0.717) is 12.2 Å². The molecule has 0 bridgehead atoms. The van der Waals surface area contributed by atoms with E-state index in [1.54, 1.807) is 0 Å². The van der Waals surface area contributed by atoms with Crippen LogP contribution in [0.25, 0.3) is 0 Å². The van der Waals surface area contributed by atoms with E-state index in [4.69, 9.17) is 0 Å². The van der Waals surface area contributed by atoms with Gasteiger partial charge in [-0.3, -0.25) is 4.79 Å². The van der Waals surface area contributed by atoms with Gasteiger partial charge in [-0.25, -0.2) is 0 Å². The van der Waals surface area contributed by atoms with Gasteiger partial charge in [0.05, 0.1) is 0 Å². The lowest BCUT2D eigenvalue weighted by Crippen LogP contribution is -1.88. The minimum absolute atomic E-state index is 0.439. The van der Waals surface area contributed by atoms with E-state index < -0.39 is 0 Å². The second-order valence-electron chi connectivity index (χ2n) is 2.92. The third-order valence-corrected chi connectivity index (χ3v) is 1.77. The second-order valence-corrected chi connectivity index (χ2v) is 2.92. The molecule has 70 valence electrons. The van der Waals surface area contributed by atoms with Gasteiger partial charge in [-0.15, -0.1) is 0 Å². The van der Waals surface area contributed by atoms with Gasteiger partial charge in [0.15, 0.2) is 0 Å². The van der Waals surface area contributed by atoms with Crippen LogP contribution in [0, 0.1) is 0 Å². The Labute approximate surface area is 74.6 Å². The lowest BCUT2D eigenvalue weighted by Gasteiger charge is -2.01. The number of allylic oxidation sites excluding steroid dienone is 1. The molecule has 2 nitrogen and oxygen atoms in total. The maximum atomic E-state index is 9.87. The van der Waals surface area contributed by atoms with Crippen LogP contribution in [0.1, 0.15) is 45.4 Å². The second kappa shape index (κ2) is 8.31. The molecule has 0 aromatic rings. The highest BCUT2D eigenvalue weighted by Crippen LogP contribution is 2.09. The Morgan fingerprint density at radius 1 is 1.33 bits per heavy atom. The van der Waals surface area contributed by atoms with Crippen molar-refractivity contribution < 1.29 is 9.53 Å². The van der Waals surface area contributed by atoms with Crippen LogP contribution in [0.5, 0.6) is 0 Å². The lowest BCUT2D eigenvalue weighted by molar-refractivity contribution is -0.125. The van der Waals surface area contributed by atoms with E-state index in [1.165, 1.54) is 25.7 Å². The van der Waals surface area contributed by atoms with Crippen LogP contribution in [0.4, 0.5) is 0 Å². The fourth-order valence-corrected chi connectivity index (χ4v) is 1.05. The number of carbonyl (C=O) groups is 1. The molecule has 0 aliphatic heterocycles. The molecule has 0 radical (unpaired) electrons. The van der Waals surface area contributed by atoms with Gasteiger partial charge in [-0.1, -0.05) is 39.2 Å². The first-order valence-corrected chi connectivity index (χ1v) is 4.59. The smallest absolute Gasteiger partial charge is 0.298 e. The first-order chi connectivity index (χ1) is 5.81. The maximum absolute atomic E-state index is 9.87. The van der Waals surface area contributed by atoms with E-state index in [9.17, 15) is 4.79 Å². The molecule has 0 fully saturated rings. The molecule has 0 aliphatic carbocycles. The maximum Gasteiger partial charge on any atom is 0.298 e. The predicted octanol–water partition coefficient (Wildman–Crippen LogP) is 3.03. The van der Waals surface area contributed by atoms with Crippen LogP contribution >= 0.6 is 0 Å². The molecule has 0 N–H and O–H groups in total. The van der Waals surface area contributed by atoms with Gasteiger partial charge in [0.1, 0.15) is 5.76 Å². The Bertz CT molecular complexity index is 130. The molecule has 2 heteroatoms. The molecular weight excluding hydrogens is 152 g/mol. The molecule has 0 atom stereocenters. The van der Waals surface area contributed by atoms with Crippen LogP contribution in [0.3, 0.4) is 0 Å². The van der Waals surface area contributed by atoms with Crippen LogP contribution in [-0.4, -0.2) is 6.47 Å². The van der Waals surface area contributed by atoms with Crippen molar-refractivity contribution in [3.05, 3.63) is 12.3 Å². The quantitative estimate of drug-likeness (QED) is 0.318. The fraction of sp³-hybridized carbons (Fsp3) is 0.700. The van der Waals surface area contributed by atoms with Crippen molar-refractivity contribution in [1.82, 2.24) is 0 Å². The van der Waals surface area contributed by atoms with E-state index in [0.717, 1.165) is 12.8 Å². The monoisotopic (exact) mass is 170 g/mol. The van der Waals surface area contributed by atoms with Gasteiger partial charge in [0.2, 0.25) is 0 Å². The first kappa shape index (κ1) is 11.2. The molecule has 0 spiro atoms. The molecule has 0 heterocycles. The lowest BCUT2D eigenvalue weighted by atomic mass is 10.1. The average Bonchev–Trinajstić information content (AvgIpc) is 2.05. The summed E-state index contributed by atoms with van der Waals surface area (Å²) in [6, 6.07) is 0. The molecule has 0 unspecified atom stereocenters. The van der Waals surface area contributed by atoms with Gasteiger partial charge in [0, 0.05) is 6.42 Å². The van der Waals surface area contributed by atoms with Gasteiger partial charge < -0.3 is 4.74 Å². The summed E-state index contributed by atoms with van der Waals surface area (Å²) in [5.74, 6) is 0.585. The van der Waals surface area contributed by atoms with Crippen molar-refractivity contribution in [2.75, 3.05) is 0 Å². The molecule has 0 aromatic carbocycles. The molecule has 0 saturated heterocycles. The topological polar surface area (TPSA) is 26.3 Å². The number of hydrogen-bond donors (Lipinski definition) is 0. The zero-order valence-corrected chi connectivity index (χ0v) is 7.84. The Hall–Kier alpha value is -0.790. The van der Waals surface area contributed by atoms with Crippen LogP contribution in [-0.2, 0) is 9.53 Å². The molecule has 0 amide bonds. The number of hydrogen-bond acceptors (Lipinski definition) is 2. The molecule has 12 heavy (non-hydrogen) atoms. The standard InChI is InChI=1S/C10H18O2/c1-3-4-5-6-7-8-10(2)12-9-11/h9H,2-8H2,1H3. The van der Waals surface area contributed by atoms with E-state index in [-0.39, 0.29) is 0 Å². The first-order valence-electron chi connectivity index (χ1n) is 4.59. The molecule has 0 aliphatic rings. The zero-order chi connectivity index (χ0) is 9.23. The van der Waals surface area contributed by atoms with E-state index >= 15 is 0 Å². The number of unbranched alkanes of at least 4 members (excludes halogenated alkanes) is 4. The summed E-state index contributed by atoms with van der Waals surface area (Å²) in [6.07, 6.45) is 6.90. The molecule has 0 aromatic heterocycles. The third kappa shape index (κ3) is 7.32. The van der Waals surface area contributed by atoms with E-state index in [2.05, 4.69) is 18.2 Å². The highest BCUT2D eigenvalue weighted by atomic mass is 16.5. The molecular formula is C10H18O2. The van der Waals surface area contributed by atoms with Crippen molar-refractivity contribution in [2.45, 2.75) is 45.4 Å². The van der Waals surface area contributed by atoms with Crippen LogP contribution in [0.15, 0.2) is 12.3 Å². The number of rotatable bonds is 8. The Morgan fingerprint density at radius 2 is 2.00 bits per heavy atom. The van der Waals surface area contributed by atoms with Crippen molar-refractivity contribution in [3.8, 4) is 0 Å². The van der Waals surface area contributed by atoms with Crippen LogP contribution in [0.2, 0.25) is 0 Å². The molecule has 0 saturated carbocycles. The SMILES string of the molecule is C=C(CCCCCCC)OC=O. The summed E-state index contributed by atoms with van der Waals surface area (Å²) in [7, 11) is 0. The average molecular weight is 170 g/mol. The van der Waals surface area contributed by atoms with Crippen LogP contribution < -0.4 is 0 Å². The summed E-state index contributed by atoms with van der Waals surface area (Å²) in [6.45, 7) is 6.24. The fourth-order valence-electron chi connectivity index (χ4n) is 1.05. The summed E-state index contributed by atoms with van der Waals surface area (Å²) in [5.41, 5.74) is 0. The Morgan fingerprint density at radius 3 is 2.58 bits per heavy atom. The van der Waals surface area contributed by atoms with Crippen molar-refractivity contribution >= 4 is 6.47 Å². The summed E-state index contributed by atoms with van der Waals surface area (Å²) < 4.78 is 4.57. The zero-order valence-electron chi connectivity index (χ0n) is 7.84. The molecule has 0 rings (SSSR count). The van der Waals surface area contributed by atoms with Crippen molar-refractivity contribution in [1.29, 1.82) is 0 Å². The number of ether oxygens (including phenoxy) is 1. The van der Waals surface area contributed by atoms with Gasteiger partial charge in [0.25, 0.3) is 6.47 Å². The van der Waals surface area contributed by atoms with Gasteiger partial charge >= 0.3 is 0 Å². The minimum Gasteiger partial charge on any atom is -0.434 e. The van der Waals surface area contributed by atoms with Gasteiger partial charge in [-0.05, 0) is 6.42 Å². The van der Waals surface area contributed by atoms with Gasteiger partial charge in [-0.2, -0.15) is 0 Å². The normalized spacial score (nSPS) is 9.42. The Kier molecular flexibility index (Phi) is 7.76. The van der Waals surface area contributed by atoms with E-state index in [1.807, 2.05) is 0 Å². The highest BCUT2D eigenvalue weighted by molar-refractivity contribution is 5.39. The predicted molar refractivity (Wildman–Crippen MR) is 49.7 cm³/mol. The summed E-state index contributed by atoms with van der Waals surface area (Å²) in [5, 5.41) is 0. The van der Waals surface area contributed by atoms with Crippen molar-refractivity contribution in [3.63, 3.8) is 0 Å². The summed E-state index contributed by atoms with van der Waals surface area (Å²) in [4.78, 5) is 9.87. The van der Waals surface area contributed by atoms with Crippen molar-refractivity contribution in [2.24, 2.45) is 0 Å². The minimum atomic E-state index is 0.439. The number of carbonyl (C=O) groups excluding carboxylic acids is 1. The Balaban J connectivity index is 3.08. The highest BCUT2D eigenvalue weighted by Gasteiger charge is 1.94. The third-order valence-electron chi connectivity index (χ3n) is 1.77. The largest absolute Gasteiger partial charge is 0.434 e. The summed E-state index contributed by atoms with van der Waals surface area (Å²) >= 11 is 0.